The molecule has 2 aromatic rings. The van der Waals surface area contributed by atoms with E-state index in [9.17, 15) is 13.2 Å². The maximum absolute atomic E-state index is 13.0. The lowest BCUT2D eigenvalue weighted by Gasteiger charge is -2.57. The van der Waals surface area contributed by atoms with Gasteiger partial charge >= 0.3 is 0 Å². The van der Waals surface area contributed by atoms with Crippen molar-refractivity contribution in [3.63, 3.8) is 0 Å². The molecule has 0 radical (unpaired) electrons. The van der Waals surface area contributed by atoms with Gasteiger partial charge in [0.1, 0.15) is 6.54 Å². The predicted octanol–water partition coefficient (Wildman–Crippen LogP) is 5.29. The highest BCUT2D eigenvalue weighted by Crippen LogP contribution is 2.60. The van der Waals surface area contributed by atoms with Crippen LogP contribution in [0.4, 0.5) is 5.69 Å². The molecular weight excluding hydrogens is 468 g/mol. The average Bonchev–Trinajstić information content (AvgIpc) is 3.29. The Bertz CT molecular complexity index is 1230. The maximum atomic E-state index is 13.0. The lowest BCUT2D eigenvalue weighted by Crippen LogP contribution is -2.48. The fraction of sp³-hybridized carbons (Fsp3) is 0.567. The zero-order chi connectivity index (χ0) is 25.1. The molecule has 36 heavy (non-hydrogen) atoms. The topological polar surface area (TPSA) is 66.5 Å². The predicted molar refractivity (Wildman–Crippen MR) is 144 cm³/mol. The quantitative estimate of drug-likeness (QED) is 0.555. The standard InChI is InChI=1S/C30H38N2O3S/c1-20(25-7-6-24-4-3-5-26(24)15-25)31-29(33)19-32(36(2,34)35)28-10-8-27(9-11-28)30-16-21-12-22(17-30)14-23(13-21)18-30/h6-11,15,20-23H,3-5,12-14,16-19H2,1-2H3,(H,31,33)/t20-,21?,22?,23?,30?/m1/s1. The molecule has 0 saturated heterocycles. The molecule has 4 saturated carbocycles. The normalized spacial score (nSPS) is 29.1. The van der Waals surface area contributed by atoms with E-state index in [0.29, 0.717) is 5.69 Å². The molecule has 1 atom stereocenters. The van der Waals surface area contributed by atoms with Gasteiger partial charge in [0.15, 0.2) is 0 Å². The summed E-state index contributed by atoms with van der Waals surface area (Å²) in [5.74, 6) is 2.29. The third-order valence-corrected chi connectivity index (χ3v) is 10.6. The van der Waals surface area contributed by atoms with Crippen LogP contribution >= 0.6 is 0 Å². The molecule has 1 amide bonds. The van der Waals surface area contributed by atoms with Crippen LogP contribution in [-0.2, 0) is 33.1 Å². The number of hydrogen-bond acceptors (Lipinski definition) is 3. The van der Waals surface area contributed by atoms with Gasteiger partial charge in [0, 0.05) is 0 Å². The Morgan fingerprint density at radius 2 is 1.58 bits per heavy atom. The summed E-state index contributed by atoms with van der Waals surface area (Å²) in [5.41, 5.74) is 6.02. The molecule has 2 aromatic carbocycles. The van der Waals surface area contributed by atoms with E-state index in [1.165, 1.54) is 72.2 Å². The van der Waals surface area contributed by atoms with Crippen LogP contribution in [0, 0.1) is 17.8 Å². The van der Waals surface area contributed by atoms with E-state index in [1.54, 1.807) is 0 Å². The molecule has 7 rings (SSSR count). The number of anilines is 1. The molecule has 0 spiro atoms. The second-order valence-electron chi connectivity index (χ2n) is 12.2. The van der Waals surface area contributed by atoms with Gasteiger partial charge in [0.05, 0.1) is 18.0 Å². The molecule has 6 heteroatoms. The molecule has 5 aliphatic carbocycles. The van der Waals surface area contributed by atoms with Crippen LogP contribution in [0.3, 0.4) is 0 Å². The van der Waals surface area contributed by atoms with Crippen LogP contribution in [0.5, 0.6) is 0 Å². The van der Waals surface area contributed by atoms with Crippen LogP contribution in [0.25, 0.3) is 0 Å². The zero-order valence-corrected chi connectivity index (χ0v) is 22.3. The summed E-state index contributed by atoms with van der Waals surface area (Å²) in [4.78, 5) is 13.0. The van der Waals surface area contributed by atoms with Crippen LogP contribution in [0.1, 0.15) is 80.2 Å². The minimum absolute atomic E-state index is 0.178. The number of rotatable bonds is 7. The minimum atomic E-state index is -3.61. The van der Waals surface area contributed by atoms with Gasteiger partial charge in [0.2, 0.25) is 15.9 Å². The third-order valence-electron chi connectivity index (χ3n) is 9.49. The second-order valence-corrected chi connectivity index (χ2v) is 14.1. The third kappa shape index (κ3) is 4.46. The number of benzene rings is 2. The first-order valence-corrected chi connectivity index (χ1v) is 15.5. The van der Waals surface area contributed by atoms with Crippen molar-refractivity contribution >= 4 is 21.6 Å². The Kier molecular flexibility index (Phi) is 5.94. The van der Waals surface area contributed by atoms with Gasteiger partial charge in [0.25, 0.3) is 0 Å². The highest BCUT2D eigenvalue weighted by Gasteiger charge is 2.51. The number of amides is 1. The highest BCUT2D eigenvalue weighted by atomic mass is 32.2. The first-order chi connectivity index (χ1) is 17.2. The van der Waals surface area contributed by atoms with E-state index in [0.717, 1.165) is 36.2 Å². The molecule has 5 aliphatic rings. The van der Waals surface area contributed by atoms with Crippen LogP contribution in [0.15, 0.2) is 42.5 Å². The van der Waals surface area contributed by atoms with Gasteiger partial charge in [-0.05, 0) is 122 Å². The van der Waals surface area contributed by atoms with Crippen molar-refractivity contribution in [2.75, 3.05) is 17.1 Å². The van der Waals surface area contributed by atoms with E-state index in [4.69, 9.17) is 0 Å². The number of nitrogens with one attached hydrogen (secondary N) is 1. The van der Waals surface area contributed by atoms with Crippen molar-refractivity contribution in [2.24, 2.45) is 17.8 Å². The number of nitrogens with zero attached hydrogens (tertiary/aromatic N) is 1. The fourth-order valence-electron chi connectivity index (χ4n) is 8.21. The Hall–Kier alpha value is -2.34. The maximum Gasteiger partial charge on any atom is 0.241 e. The van der Waals surface area contributed by atoms with E-state index < -0.39 is 10.0 Å². The van der Waals surface area contributed by atoms with Crippen molar-refractivity contribution in [3.8, 4) is 0 Å². The Morgan fingerprint density at radius 3 is 2.19 bits per heavy atom. The van der Waals surface area contributed by atoms with Crippen molar-refractivity contribution in [3.05, 3.63) is 64.7 Å². The van der Waals surface area contributed by atoms with Crippen molar-refractivity contribution in [1.29, 1.82) is 0 Å². The largest absolute Gasteiger partial charge is 0.348 e. The van der Waals surface area contributed by atoms with E-state index in [-0.39, 0.29) is 23.9 Å². The number of carbonyl (C=O) groups excluding carboxylic acids is 1. The number of fused-ring (bicyclic) bond motifs is 1. The summed E-state index contributed by atoms with van der Waals surface area (Å²) in [5, 5.41) is 3.02. The molecule has 0 aromatic heterocycles. The first-order valence-electron chi connectivity index (χ1n) is 13.7. The molecule has 4 fully saturated rings. The van der Waals surface area contributed by atoms with Crippen LogP contribution in [-0.4, -0.2) is 27.1 Å². The van der Waals surface area contributed by atoms with Gasteiger partial charge < -0.3 is 5.32 Å². The molecule has 0 unspecified atom stereocenters. The summed E-state index contributed by atoms with van der Waals surface area (Å²) < 4.78 is 26.6. The number of aryl methyl sites for hydroxylation is 2. The Balaban J connectivity index is 1.17. The smallest absolute Gasteiger partial charge is 0.241 e. The summed E-state index contributed by atoms with van der Waals surface area (Å²) in [6.45, 7) is 1.74. The summed E-state index contributed by atoms with van der Waals surface area (Å²) in [6.07, 6.45) is 12.6. The SMILES string of the molecule is C[C@@H](NC(=O)CN(c1ccc(C23CC4CC(CC(C4)C2)C3)cc1)S(C)(=O)=O)c1ccc2c(c1)CCC2. The minimum Gasteiger partial charge on any atom is -0.348 e. The highest BCUT2D eigenvalue weighted by molar-refractivity contribution is 7.92. The molecule has 192 valence electrons. The fourth-order valence-corrected chi connectivity index (χ4v) is 9.06. The average molecular weight is 507 g/mol. The van der Waals surface area contributed by atoms with Gasteiger partial charge in [-0.2, -0.15) is 0 Å². The summed E-state index contributed by atoms with van der Waals surface area (Å²) in [7, 11) is -3.61. The lowest BCUT2D eigenvalue weighted by atomic mass is 9.48. The molecule has 0 heterocycles. The van der Waals surface area contributed by atoms with Crippen LogP contribution in [0.2, 0.25) is 0 Å². The van der Waals surface area contributed by atoms with Crippen molar-refractivity contribution < 1.29 is 13.2 Å². The van der Waals surface area contributed by atoms with Gasteiger partial charge in [-0.15, -0.1) is 0 Å². The summed E-state index contributed by atoms with van der Waals surface area (Å²) in [6, 6.07) is 14.3. The van der Waals surface area contributed by atoms with Gasteiger partial charge in [-0.1, -0.05) is 30.3 Å². The molecule has 0 aliphatic heterocycles. The van der Waals surface area contributed by atoms with Crippen molar-refractivity contribution in [1.82, 2.24) is 5.32 Å². The Labute approximate surface area is 215 Å². The van der Waals surface area contributed by atoms with Crippen LogP contribution < -0.4 is 9.62 Å². The van der Waals surface area contributed by atoms with E-state index in [1.807, 2.05) is 19.1 Å². The van der Waals surface area contributed by atoms with Crippen molar-refractivity contribution in [2.45, 2.75) is 76.2 Å². The van der Waals surface area contributed by atoms with E-state index >= 15 is 0 Å². The molecule has 4 bridgehead atoms. The lowest BCUT2D eigenvalue weighted by molar-refractivity contribution is -0.120. The number of carbonyl (C=O) groups is 1. The molecule has 5 nitrogen and oxygen atoms in total. The molecular formula is C30H38N2O3S. The van der Waals surface area contributed by atoms with E-state index in [2.05, 4.69) is 35.6 Å². The molecule has 1 N–H and O–H groups in total. The second kappa shape index (κ2) is 8.90. The number of sulfonamides is 1. The van der Waals surface area contributed by atoms with Gasteiger partial charge in [-0.25, -0.2) is 8.42 Å². The van der Waals surface area contributed by atoms with Gasteiger partial charge in [-0.3, -0.25) is 9.10 Å². The monoisotopic (exact) mass is 506 g/mol. The first kappa shape index (κ1) is 24.0. The number of hydrogen-bond donors (Lipinski definition) is 1. The summed E-state index contributed by atoms with van der Waals surface area (Å²) >= 11 is 0. The Morgan fingerprint density at radius 1 is 0.972 bits per heavy atom. The zero-order valence-electron chi connectivity index (χ0n) is 21.5.